The number of allylic oxidation sites excluding steroid dienone is 30. The smallest absolute Gasteiger partial charge is 0.462 e. The topological polar surface area (TPSA) is 237 Å². The number of phosphoric ester groups is 2. The summed E-state index contributed by atoms with van der Waals surface area (Å²) in [5, 5.41) is 10.7. The Kier molecular flexibility index (Phi) is 76.9. The van der Waals surface area contributed by atoms with Gasteiger partial charge in [0.25, 0.3) is 0 Å². The lowest BCUT2D eigenvalue weighted by molar-refractivity contribution is -0.161. The van der Waals surface area contributed by atoms with Crippen molar-refractivity contribution in [2.24, 2.45) is 0 Å². The summed E-state index contributed by atoms with van der Waals surface area (Å²) < 4.78 is 68.7. The Morgan fingerprint density at radius 3 is 0.782 bits per heavy atom. The van der Waals surface area contributed by atoms with E-state index in [0.717, 1.165) is 205 Å². The van der Waals surface area contributed by atoms with Gasteiger partial charge in [0.1, 0.15) is 19.3 Å². The molecule has 0 aliphatic heterocycles. The number of carbonyl (C=O) groups excluding carboxylic acids is 4. The van der Waals surface area contributed by atoms with Crippen LogP contribution in [0.3, 0.4) is 0 Å². The summed E-state index contributed by atoms with van der Waals surface area (Å²) in [7, 11) is -10.0. The highest BCUT2D eigenvalue weighted by Crippen LogP contribution is 2.45. The van der Waals surface area contributed by atoms with Gasteiger partial charge in [0.05, 0.1) is 26.4 Å². The van der Waals surface area contributed by atoms with Crippen LogP contribution >= 0.6 is 15.6 Å². The van der Waals surface area contributed by atoms with Gasteiger partial charge in [-0.2, -0.15) is 0 Å². The number of aliphatic hydroxyl groups excluding tert-OH is 1. The molecule has 0 aromatic carbocycles. The van der Waals surface area contributed by atoms with Crippen molar-refractivity contribution in [1.29, 1.82) is 0 Å². The average molecular weight is 1580 g/mol. The maximum atomic E-state index is 13.1. The zero-order chi connectivity index (χ0) is 80.3. The number of phosphoric acid groups is 2. The minimum absolute atomic E-state index is 0.0273. The molecule has 0 aliphatic carbocycles. The molecular formula is C91H148O17P2. The SMILES string of the molecule is CC/C=C\C/C=C\C/C=C\C/C=C\C/C=C\C/C=C\CCC(=O)OCC(COP(=O)(O)OCC(O)COP(=O)(O)OCC(COC(=O)CCCCCCCC/C=C\C/C=C\C/C=C\C/C=C\CC)OC(=O)CCCCCCC/C=C\C/C=C\CCCCC)OC(=O)CCCCCCCCC/C=C\C/C=C\C/C=C\CC. The van der Waals surface area contributed by atoms with Gasteiger partial charge in [-0.1, -0.05) is 300 Å². The average Bonchev–Trinajstić information content (AvgIpc) is 0.906. The molecule has 0 rings (SSSR count). The Bertz CT molecular complexity index is 2800. The first-order valence-corrected chi connectivity index (χ1v) is 45.0. The van der Waals surface area contributed by atoms with Crippen molar-refractivity contribution in [3.63, 3.8) is 0 Å². The van der Waals surface area contributed by atoms with Gasteiger partial charge in [-0.15, -0.1) is 0 Å². The number of hydrogen-bond acceptors (Lipinski definition) is 15. The van der Waals surface area contributed by atoms with Crippen LogP contribution in [0.4, 0.5) is 0 Å². The van der Waals surface area contributed by atoms with Gasteiger partial charge >= 0.3 is 39.5 Å². The second kappa shape index (κ2) is 81.2. The van der Waals surface area contributed by atoms with Crippen LogP contribution in [0.2, 0.25) is 0 Å². The van der Waals surface area contributed by atoms with Crippen LogP contribution in [0, 0.1) is 0 Å². The van der Waals surface area contributed by atoms with Crippen molar-refractivity contribution in [2.45, 2.75) is 329 Å². The Balaban J connectivity index is 5.48. The molecule has 0 aromatic heterocycles. The number of hydrogen-bond donors (Lipinski definition) is 3. The van der Waals surface area contributed by atoms with Crippen molar-refractivity contribution in [3.05, 3.63) is 182 Å². The molecule has 19 heteroatoms. The molecule has 0 amide bonds. The van der Waals surface area contributed by atoms with Crippen LogP contribution in [-0.4, -0.2) is 96.7 Å². The molecule has 0 fully saturated rings. The van der Waals surface area contributed by atoms with E-state index in [1.165, 1.54) is 19.3 Å². The van der Waals surface area contributed by atoms with Gasteiger partial charge in [-0.3, -0.25) is 37.3 Å². The van der Waals surface area contributed by atoms with Crippen molar-refractivity contribution in [2.75, 3.05) is 39.6 Å². The van der Waals surface area contributed by atoms with Crippen molar-refractivity contribution >= 4 is 39.5 Å². The molecule has 0 saturated heterocycles. The Morgan fingerprint density at radius 2 is 0.491 bits per heavy atom. The highest BCUT2D eigenvalue weighted by atomic mass is 31.2. The van der Waals surface area contributed by atoms with Gasteiger partial charge in [0, 0.05) is 25.7 Å². The highest BCUT2D eigenvalue weighted by molar-refractivity contribution is 7.47. The first-order chi connectivity index (χ1) is 53.7. The van der Waals surface area contributed by atoms with Crippen molar-refractivity contribution in [1.82, 2.24) is 0 Å². The maximum absolute atomic E-state index is 13.1. The fourth-order valence-corrected chi connectivity index (χ4v) is 12.2. The molecule has 0 heterocycles. The van der Waals surface area contributed by atoms with Crippen LogP contribution in [0.15, 0.2) is 182 Å². The lowest BCUT2D eigenvalue weighted by Crippen LogP contribution is -2.30. The van der Waals surface area contributed by atoms with E-state index in [9.17, 15) is 43.2 Å². The van der Waals surface area contributed by atoms with Crippen molar-refractivity contribution in [3.8, 4) is 0 Å². The van der Waals surface area contributed by atoms with E-state index in [-0.39, 0.29) is 25.7 Å². The summed E-state index contributed by atoms with van der Waals surface area (Å²) in [5.41, 5.74) is 0. The van der Waals surface area contributed by atoms with E-state index in [1.807, 2.05) is 18.2 Å². The number of rotatable bonds is 77. The second-order valence-corrected chi connectivity index (χ2v) is 30.2. The molecule has 0 saturated carbocycles. The van der Waals surface area contributed by atoms with E-state index in [1.54, 1.807) is 0 Å². The molecule has 0 bridgehead atoms. The molecule has 5 unspecified atom stereocenters. The zero-order valence-corrected chi connectivity index (χ0v) is 70.1. The van der Waals surface area contributed by atoms with Crippen molar-refractivity contribution < 1.29 is 80.2 Å². The lowest BCUT2D eigenvalue weighted by Gasteiger charge is -2.21. The molecule has 0 spiro atoms. The molecule has 0 aromatic rings. The minimum Gasteiger partial charge on any atom is -0.462 e. The number of aliphatic hydroxyl groups is 1. The van der Waals surface area contributed by atoms with E-state index < -0.39 is 97.5 Å². The predicted molar refractivity (Wildman–Crippen MR) is 454 cm³/mol. The summed E-state index contributed by atoms with van der Waals surface area (Å²) in [4.78, 5) is 73.2. The second-order valence-electron chi connectivity index (χ2n) is 27.3. The Morgan fingerprint density at radius 1 is 0.264 bits per heavy atom. The third kappa shape index (κ3) is 80.2. The summed E-state index contributed by atoms with van der Waals surface area (Å²) in [6.45, 7) is 4.39. The van der Waals surface area contributed by atoms with Crippen LogP contribution in [0.25, 0.3) is 0 Å². The van der Waals surface area contributed by atoms with Crippen LogP contribution in [-0.2, 0) is 65.4 Å². The molecule has 0 radical (unpaired) electrons. The maximum Gasteiger partial charge on any atom is 0.472 e. The molecule has 0 aliphatic rings. The first kappa shape index (κ1) is 104. The summed E-state index contributed by atoms with van der Waals surface area (Å²) in [5.74, 6) is -2.32. The summed E-state index contributed by atoms with van der Waals surface area (Å²) in [6.07, 6.45) is 98.7. The molecule has 5 atom stereocenters. The third-order valence-electron chi connectivity index (χ3n) is 16.9. The monoisotopic (exact) mass is 1580 g/mol. The summed E-state index contributed by atoms with van der Waals surface area (Å²) in [6, 6.07) is 0. The minimum atomic E-state index is -5.01. The Labute approximate surface area is 666 Å². The van der Waals surface area contributed by atoms with Crippen LogP contribution < -0.4 is 0 Å². The molecule has 624 valence electrons. The highest BCUT2D eigenvalue weighted by Gasteiger charge is 2.30. The third-order valence-corrected chi connectivity index (χ3v) is 18.8. The number of unbranched alkanes of at least 4 members (excludes halogenated alkanes) is 21. The normalized spacial score (nSPS) is 14.7. The zero-order valence-electron chi connectivity index (χ0n) is 68.4. The number of carbonyl (C=O) groups is 4. The quantitative estimate of drug-likeness (QED) is 0.0169. The van der Waals surface area contributed by atoms with Crippen LogP contribution in [0.1, 0.15) is 310 Å². The molecule has 3 N–H and O–H groups in total. The Hall–Kier alpha value is -5.84. The largest absolute Gasteiger partial charge is 0.472 e. The van der Waals surface area contributed by atoms with E-state index >= 15 is 0 Å². The van der Waals surface area contributed by atoms with Gasteiger partial charge in [0.2, 0.25) is 0 Å². The van der Waals surface area contributed by atoms with Gasteiger partial charge < -0.3 is 33.8 Å². The molecular weight excluding hydrogens is 1430 g/mol. The van der Waals surface area contributed by atoms with Gasteiger partial charge in [-0.25, -0.2) is 9.13 Å². The van der Waals surface area contributed by atoms with E-state index in [2.05, 4.69) is 192 Å². The predicted octanol–water partition coefficient (Wildman–Crippen LogP) is 25.1. The molecule has 110 heavy (non-hydrogen) atoms. The van der Waals surface area contributed by atoms with E-state index in [0.29, 0.717) is 32.1 Å². The number of esters is 4. The lowest BCUT2D eigenvalue weighted by atomic mass is 10.1. The van der Waals surface area contributed by atoms with Crippen LogP contribution in [0.5, 0.6) is 0 Å². The fraction of sp³-hybridized carbons (Fsp3) is 0.626. The first-order valence-electron chi connectivity index (χ1n) is 42.0. The standard InChI is InChI=1S/C91H148O17P2/c1-5-9-13-17-21-25-29-33-37-40-42-45-48-51-55-59-63-67-71-75-88(93)101-81-86(107-90(95)77-73-69-65-61-57-53-47-36-32-28-24-20-16-12-8-4)83-105-109(97,98)103-79-85(92)80-104-110(99,100)106-84-87(108-91(96)78-74-70-66-62-58-54-50-44-39-35-31-27-23-19-15-11-7-3)82-102-89(94)76-72-68-64-60-56-52-49-46-43-41-38-34-30-26-22-18-14-10-6-2/h9-11,13-15,21-28,33-39,42-43,45-47,52,56,64,68,85-87,92H,5-8,12,16-20,29-32,40-41,44,48-51,53-55,57-63,65-67,69-84H2,1-4H3,(H,97,98)(H,99,100)/b13-9-,14-10-,15-11-,25-21-,26-22-,27-23-,28-24-,37-33-,38-34-,39-35-,45-42-,46-43-,47-36-,56-52-,68-64-. The fourth-order valence-electron chi connectivity index (χ4n) is 10.6. The van der Waals surface area contributed by atoms with Gasteiger partial charge in [0.15, 0.2) is 12.2 Å². The summed E-state index contributed by atoms with van der Waals surface area (Å²) >= 11 is 0. The molecule has 17 nitrogen and oxygen atoms in total. The van der Waals surface area contributed by atoms with E-state index in [4.69, 9.17) is 37.0 Å². The van der Waals surface area contributed by atoms with Gasteiger partial charge in [-0.05, 0) is 167 Å². The number of ether oxygens (including phenoxy) is 4.